The van der Waals surface area contributed by atoms with Gasteiger partial charge in [0, 0.05) is 0 Å². The lowest BCUT2D eigenvalue weighted by atomic mass is 10.1. The molecule has 0 spiro atoms. The number of halogens is 3. The van der Waals surface area contributed by atoms with E-state index in [9.17, 15) is 33.9 Å². The molecule has 6 unspecified atom stereocenters. The van der Waals surface area contributed by atoms with Crippen LogP contribution in [0.4, 0.5) is 0 Å². The number of phosphoric ester groups is 2. The summed E-state index contributed by atoms with van der Waals surface area (Å²) in [6.45, 7) is -1.66. The Balaban J connectivity index is 1.23. The second-order valence-electron chi connectivity index (χ2n) is 10.3. The molecule has 3 aliphatic rings. The zero-order chi connectivity index (χ0) is 32.7. The number of fused-ring (bicyclic) bond motifs is 6. The van der Waals surface area contributed by atoms with Gasteiger partial charge in [0.15, 0.2) is 23.6 Å². The van der Waals surface area contributed by atoms with Gasteiger partial charge in [-0.3, -0.25) is 32.0 Å². The number of aliphatic hydroxyl groups excluding tert-OH is 2. The second-order valence-corrected chi connectivity index (χ2v) is 14.3. The summed E-state index contributed by atoms with van der Waals surface area (Å²) in [5, 5.41) is 22.2. The molecule has 3 aromatic heterocycles. The molecule has 4 bridgehead atoms. The smallest absolute Gasteiger partial charge is 0.387 e. The molecule has 3 fully saturated rings. The Hall–Kier alpha value is -2.03. The Morgan fingerprint density at radius 2 is 1.48 bits per heavy atom. The molecule has 10 atom stereocenters. The van der Waals surface area contributed by atoms with E-state index in [4.69, 9.17) is 62.4 Å². The Kier molecular flexibility index (Phi) is 8.37. The third kappa shape index (κ3) is 5.72. The average Bonchev–Trinajstić information content (AvgIpc) is 3.71. The normalized spacial score (nSPS) is 37.2. The number of hydrogen-bond donors (Lipinski definition) is 5. The molecule has 19 nitrogen and oxygen atoms in total. The summed E-state index contributed by atoms with van der Waals surface area (Å²) in [4.78, 5) is 48.1. The van der Waals surface area contributed by atoms with E-state index in [0.717, 1.165) is 17.2 Å². The van der Waals surface area contributed by atoms with Crippen molar-refractivity contribution in [2.24, 2.45) is 0 Å². The van der Waals surface area contributed by atoms with Crippen LogP contribution in [0.15, 0.2) is 29.6 Å². The van der Waals surface area contributed by atoms with Gasteiger partial charge in [-0.15, -0.1) is 0 Å². The first-order chi connectivity index (χ1) is 21.7. The number of H-pyrrole nitrogens is 1. The fraction of sp³-hybridized carbons (Fsp3) is 0.455. The second kappa shape index (κ2) is 11.8. The number of hydrogen-bond acceptors (Lipinski definition) is 14. The molecule has 46 heavy (non-hydrogen) atoms. The first-order valence-electron chi connectivity index (χ1n) is 13.1. The average molecular weight is 746 g/mol. The Morgan fingerprint density at radius 3 is 2.13 bits per heavy atom. The Morgan fingerprint density at radius 1 is 0.891 bits per heavy atom. The summed E-state index contributed by atoms with van der Waals surface area (Å²) in [6, 6.07) is 2.80. The molecule has 1 aromatic carbocycles. The number of aromatic amines is 1. The highest BCUT2D eigenvalue weighted by Gasteiger charge is 2.54. The molecular formula is C22H21Cl3N6O13P2. The van der Waals surface area contributed by atoms with Crippen molar-refractivity contribution in [3.63, 3.8) is 0 Å². The van der Waals surface area contributed by atoms with E-state index in [1.807, 2.05) is 0 Å². The van der Waals surface area contributed by atoms with Crippen molar-refractivity contribution >= 4 is 72.6 Å². The van der Waals surface area contributed by atoms with Gasteiger partial charge in [-0.1, -0.05) is 23.2 Å². The van der Waals surface area contributed by atoms with E-state index in [2.05, 4.69) is 19.9 Å². The predicted octanol–water partition coefficient (Wildman–Crippen LogP) is 1.66. The number of aliphatic hydroxyl groups is 2. The van der Waals surface area contributed by atoms with Crippen LogP contribution in [0.5, 0.6) is 0 Å². The van der Waals surface area contributed by atoms with Crippen LogP contribution < -0.4 is 5.56 Å². The minimum Gasteiger partial charge on any atom is -0.387 e. The standard InChI is InChI=1S/C22H21Cl3N6O13P2/c23-7-1-9-10(2-8(7)24)31(22(25)29-9)21-17-15(33)12(42-21)4-40-45(35,36)43-16-14(32)11(3-39-46(37,38)44-17)41-20(16)30-6-28-13-18(30)26-5-27-19(13)34/h1-2,5-6,11-12,14-17,20-21,32-33H,3-4H2,(H,35,36)(H,37,38)(H,26,27,34)/t11-,12-,14?,15?,16?,17?,20-,21-/m1/s1. The first kappa shape index (κ1) is 32.5. The first-order valence-corrected chi connectivity index (χ1v) is 17.3. The van der Waals surface area contributed by atoms with Crippen LogP contribution in [-0.4, -0.2) is 98.9 Å². The van der Waals surface area contributed by atoms with Crippen LogP contribution >= 0.6 is 50.4 Å². The number of rotatable bonds is 2. The van der Waals surface area contributed by atoms with Gasteiger partial charge in [-0.2, -0.15) is 0 Å². The van der Waals surface area contributed by atoms with Crippen molar-refractivity contribution in [1.82, 2.24) is 29.1 Å². The summed E-state index contributed by atoms with van der Waals surface area (Å²) >= 11 is 18.7. The maximum Gasteiger partial charge on any atom is 0.472 e. The number of aromatic nitrogens is 6. The van der Waals surface area contributed by atoms with E-state index in [1.54, 1.807) is 0 Å². The van der Waals surface area contributed by atoms with Crippen LogP contribution in [0.1, 0.15) is 12.5 Å². The minimum absolute atomic E-state index is 0.0343. The van der Waals surface area contributed by atoms with Crippen molar-refractivity contribution in [3.05, 3.63) is 50.5 Å². The van der Waals surface area contributed by atoms with E-state index < -0.39 is 83.5 Å². The molecule has 3 aliphatic heterocycles. The molecule has 0 saturated carbocycles. The van der Waals surface area contributed by atoms with Gasteiger partial charge in [-0.05, 0) is 23.7 Å². The van der Waals surface area contributed by atoms with Crippen LogP contribution in [-0.2, 0) is 36.7 Å². The summed E-state index contributed by atoms with van der Waals surface area (Å²) in [5.74, 6) is 0. The number of nitrogens with zero attached hydrogens (tertiary/aromatic N) is 5. The van der Waals surface area contributed by atoms with Gasteiger partial charge in [0.25, 0.3) is 5.56 Å². The van der Waals surface area contributed by atoms with Crippen molar-refractivity contribution in [2.75, 3.05) is 13.2 Å². The molecule has 248 valence electrons. The summed E-state index contributed by atoms with van der Waals surface area (Å²) < 4.78 is 61.5. The zero-order valence-electron chi connectivity index (χ0n) is 22.6. The predicted molar refractivity (Wildman–Crippen MR) is 154 cm³/mol. The fourth-order valence-electron chi connectivity index (χ4n) is 5.43. The zero-order valence-corrected chi connectivity index (χ0v) is 26.6. The van der Waals surface area contributed by atoms with Crippen molar-refractivity contribution in [3.8, 4) is 0 Å². The molecule has 4 aromatic rings. The van der Waals surface area contributed by atoms with E-state index in [-0.39, 0.29) is 37.5 Å². The monoisotopic (exact) mass is 744 g/mol. The lowest BCUT2D eigenvalue weighted by Crippen LogP contribution is -2.38. The number of nitrogens with one attached hydrogen (secondary N) is 1. The molecule has 7 rings (SSSR count). The Labute approximate surface area is 270 Å². The van der Waals surface area contributed by atoms with Gasteiger partial charge in [0.1, 0.15) is 36.6 Å². The van der Waals surface area contributed by atoms with Gasteiger partial charge in [-0.25, -0.2) is 24.1 Å². The molecule has 6 heterocycles. The highest BCUT2D eigenvalue weighted by molar-refractivity contribution is 7.47. The lowest BCUT2D eigenvalue weighted by Gasteiger charge is -2.26. The van der Waals surface area contributed by atoms with Crippen LogP contribution in [0.2, 0.25) is 15.3 Å². The van der Waals surface area contributed by atoms with E-state index in [1.165, 1.54) is 16.7 Å². The SMILES string of the molecule is O=c1[nH]cnc2c1ncn2[C@@H]1O[C@@H]2COP(=O)(O)OC3C(O)[C@@H](COP(=O)(O)OC1C2O)O[C@H]3n1c(Cl)nc2cc(Cl)c(Cl)cc21. The van der Waals surface area contributed by atoms with Gasteiger partial charge in [0.05, 0.1) is 46.9 Å². The van der Waals surface area contributed by atoms with Gasteiger partial charge < -0.3 is 34.5 Å². The summed E-state index contributed by atoms with van der Waals surface area (Å²) in [5.41, 5.74) is -0.266. The molecule has 0 radical (unpaired) electrons. The minimum atomic E-state index is -5.11. The topological polar surface area (TPSA) is 252 Å². The van der Waals surface area contributed by atoms with Crippen molar-refractivity contribution in [1.29, 1.82) is 0 Å². The Bertz CT molecular complexity index is 1990. The summed E-state index contributed by atoms with van der Waals surface area (Å²) in [6.07, 6.45) is -10.7. The molecule has 24 heteroatoms. The van der Waals surface area contributed by atoms with Crippen LogP contribution in [0, 0.1) is 0 Å². The highest BCUT2D eigenvalue weighted by atomic mass is 35.5. The maximum absolute atomic E-state index is 13.2. The van der Waals surface area contributed by atoms with Gasteiger partial charge in [0.2, 0.25) is 5.28 Å². The third-order valence-corrected chi connectivity index (χ3v) is 10.5. The quantitative estimate of drug-likeness (QED) is 0.183. The largest absolute Gasteiger partial charge is 0.472 e. The summed E-state index contributed by atoms with van der Waals surface area (Å²) in [7, 11) is -10.2. The molecule has 3 saturated heterocycles. The van der Waals surface area contributed by atoms with Crippen LogP contribution in [0.25, 0.3) is 22.2 Å². The fourth-order valence-corrected chi connectivity index (χ4v) is 7.89. The highest BCUT2D eigenvalue weighted by Crippen LogP contribution is 2.54. The lowest BCUT2D eigenvalue weighted by molar-refractivity contribution is -0.0674. The number of benzene rings is 1. The number of imidazole rings is 2. The maximum atomic E-state index is 13.2. The van der Waals surface area contributed by atoms with E-state index >= 15 is 0 Å². The van der Waals surface area contributed by atoms with Crippen molar-refractivity contribution in [2.45, 2.75) is 49.1 Å². The molecular weight excluding hydrogens is 725 g/mol. The molecule has 0 amide bonds. The van der Waals surface area contributed by atoms with Crippen LogP contribution in [0.3, 0.4) is 0 Å². The van der Waals surface area contributed by atoms with Gasteiger partial charge >= 0.3 is 15.6 Å². The third-order valence-electron chi connectivity index (χ3n) is 7.52. The number of phosphoric acid groups is 2. The number of ether oxygens (including phenoxy) is 2. The molecule has 5 N–H and O–H groups in total. The van der Waals surface area contributed by atoms with E-state index in [0.29, 0.717) is 0 Å². The van der Waals surface area contributed by atoms with Crippen molar-refractivity contribution < 1.29 is 56.7 Å². The molecule has 0 aliphatic carbocycles.